The largest absolute Gasteiger partial charge is 0.349 e. The molecule has 1 aromatic carbocycles. The molecule has 0 aliphatic heterocycles. The minimum atomic E-state index is -4.08. The summed E-state index contributed by atoms with van der Waals surface area (Å²) in [5.41, 5.74) is 0.789. The Morgan fingerprint density at radius 2 is 1.66 bits per heavy atom. The number of hydrogen-bond acceptors (Lipinski definition) is 7. The number of carbonyl (C=O) groups is 4. The summed E-state index contributed by atoms with van der Waals surface area (Å²) in [6.07, 6.45) is 5.09. The van der Waals surface area contributed by atoms with Gasteiger partial charge < -0.3 is 5.32 Å². The highest BCUT2D eigenvalue weighted by Gasteiger charge is 2.23. The van der Waals surface area contributed by atoms with Crippen molar-refractivity contribution < 1.29 is 27.6 Å². The Labute approximate surface area is 205 Å². The Morgan fingerprint density at radius 3 is 2.31 bits per heavy atom. The van der Waals surface area contributed by atoms with Gasteiger partial charge in [-0.2, -0.15) is 0 Å². The van der Waals surface area contributed by atoms with Gasteiger partial charge in [0.15, 0.2) is 12.1 Å². The maximum atomic E-state index is 12.8. The van der Waals surface area contributed by atoms with Crippen LogP contribution in [0.4, 0.5) is 0 Å². The van der Waals surface area contributed by atoms with E-state index in [1.165, 1.54) is 24.3 Å². The molecule has 2 aromatic rings. The highest BCUT2D eigenvalue weighted by Crippen LogP contribution is 2.18. The molecule has 0 bridgehead atoms. The molecule has 0 radical (unpaired) electrons. The van der Waals surface area contributed by atoms with Crippen LogP contribution in [0.15, 0.2) is 53.7 Å². The maximum absolute atomic E-state index is 12.8. The molecule has 188 valence electrons. The molecule has 10 heteroatoms. The van der Waals surface area contributed by atoms with Crippen molar-refractivity contribution in [3.63, 3.8) is 0 Å². The molecule has 0 saturated carbocycles. The fraction of sp³-hybridized carbons (Fsp3) is 0.400. The number of ketones is 2. The van der Waals surface area contributed by atoms with Crippen LogP contribution < -0.4 is 10.0 Å². The summed E-state index contributed by atoms with van der Waals surface area (Å²) in [5.74, 6) is -1.32. The van der Waals surface area contributed by atoms with Crippen molar-refractivity contribution in [2.75, 3.05) is 13.1 Å². The first-order chi connectivity index (χ1) is 16.6. The van der Waals surface area contributed by atoms with Gasteiger partial charge in [0.05, 0.1) is 18.0 Å². The number of carbonyl (C=O) groups excluding carboxylic acids is 4. The summed E-state index contributed by atoms with van der Waals surface area (Å²) in [6.45, 7) is 3.11. The Bertz CT molecular complexity index is 1130. The summed E-state index contributed by atoms with van der Waals surface area (Å²) in [4.78, 5) is 52.3. The summed E-state index contributed by atoms with van der Waals surface area (Å²) < 4.78 is 27.0. The minimum absolute atomic E-state index is 0.0230. The molecular formula is C25H31N3O6S. The van der Waals surface area contributed by atoms with Gasteiger partial charge in [-0.1, -0.05) is 38.5 Å². The van der Waals surface area contributed by atoms with E-state index in [0.29, 0.717) is 18.6 Å². The van der Waals surface area contributed by atoms with E-state index in [2.05, 4.69) is 15.0 Å². The van der Waals surface area contributed by atoms with Gasteiger partial charge in [0.25, 0.3) is 0 Å². The Kier molecular flexibility index (Phi) is 10.9. The average molecular weight is 502 g/mol. The van der Waals surface area contributed by atoms with Crippen LogP contribution in [0.1, 0.15) is 49.0 Å². The monoisotopic (exact) mass is 501 g/mol. The topological polar surface area (TPSA) is 139 Å². The minimum Gasteiger partial charge on any atom is -0.349 e. The van der Waals surface area contributed by atoms with Crippen LogP contribution in [0.25, 0.3) is 0 Å². The van der Waals surface area contributed by atoms with E-state index in [-0.39, 0.29) is 35.6 Å². The zero-order valence-electron chi connectivity index (χ0n) is 19.9. The van der Waals surface area contributed by atoms with E-state index < -0.39 is 34.2 Å². The average Bonchev–Trinajstić information content (AvgIpc) is 2.84. The van der Waals surface area contributed by atoms with Crippen molar-refractivity contribution in [3.8, 4) is 0 Å². The first-order valence-corrected chi connectivity index (χ1v) is 12.8. The van der Waals surface area contributed by atoms with Gasteiger partial charge in [-0.05, 0) is 36.1 Å². The number of aromatic nitrogens is 1. The van der Waals surface area contributed by atoms with Gasteiger partial charge >= 0.3 is 0 Å². The number of amides is 1. The van der Waals surface area contributed by atoms with E-state index in [1.807, 2.05) is 13.8 Å². The zero-order valence-corrected chi connectivity index (χ0v) is 20.7. The van der Waals surface area contributed by atoms with E-state index >= 15 is 0 Å². The fourth-order valence-electron chi connectivity index (χ4n) is 3.40. The Morgan fingerprint density at radius 1 is 0.971 bits per heavy atom. The number of pyridine rings is 1. The van der Waals surface area contributed by atoms with Crippen molar-refractivity contribution in [1.82, 2.24) is 15.0 Å². The number of sulfonamides is 1. The molecule has 1 amide bonds. The van der Waals surface area contributed by atoms with Crippen LogP contribution in [-0.4, -0.2) is 50.3 Å². The first kappa shape index (κ1) is 28.0. The molecule has 2 rings (SSSR count). The second-order valence-corrected chi connectivity index (χ2v) is 10.4. The molecule has 0 aliphatic carbocycles. The van der Waals surface area contributed by atoms with Crippen molar-refractivity contribution in [2.45, 2.75) is 44.4 Å². The van der Waals surface area contributed by atoms with Crippen LogP contribution in [0.2, 0.25) is 0 Å². The highest BCUT2D eigenvalue weighted by atomic mass is 32.2. The Balaban J connectivity index is 1.92. The highest BCUT2D eigenvalue weighted by molar-refractivity contribution is 7.89. The normalized spacial score (nSPS) is 12.2. The lowest BCUT2D eigenvalue weighted by atomic mass is 9.91. The molecule has 1 heterocycles. The van der Waals surface area contributed by atoms with Crippen LogP contribution in [0.3, 0.4) is 0 Å². The third-order valence-electron chi connectivity index (χ3n) is 5.34. The number of nitrogens with one attached hydrogen (secondary N) is 2. The summed E-state index contributed by atoms with van der Waals surface area (Å²) in [7, 11) is -4.08. The molecule has 0 spiro atoms. The van der Waals surface area contributed by atoms with Crippen molar-refractivity contribution in [2.24, 2.45) is 11.8 Å². The molecule has 9 nitrogen and oxygen atoms in total. The quantitative estimate of drug-likeness (QED) is 0.356. The third-order valence-corrected chi connectivity index (χ3v) is 6.82. The number of nitrogens with zero attached hydrogens (tertiary/aromatic N) is 1. The van der Waals surface area contributed by atoms with Crippen molar-refractivity contribution in [3.05, 3.63) is 59.9 Å². The van der Waals surface area contributed by atoms with E-state index in [0.717, 1.165) is 12.0 Å². The SMILES string of the molecule is CC(C)CC[C@H](CC(=O)Cc1ccncc1)C(=O)NCC(=O)CNS(=O)(=O)c1ccccc1C=O. The molecule has 0 unspecified atom stereocenters. The molecule has 1 atom stereocenters. The number of rotatable bonds is 15. The molecule has 1 aromatic heterocycles. The van der Waals surface area contributed by atoms with Crippen LogP contribution >= 0.6 is 0 Å². The van der Waals surface area contributed by atoms with Crippen molar-refractivity contribution >= 4 is 33.8 Å². The second-order valence-electron chi connectivity index (χ2n) is 8.68. The smallest absolute Gasteiger partial charge is 0.241 e. The number of aldehydes is 1. The second kappa shape index (κ2) is 13.6. The lowest BCUT2D eigenvalue weighted by molar-refractivity contribution is -0.130. The van der Waals surface area contributed by atoms with Gasteiger partial charge in [-0.25, -0.2) is 13.1 Å². The number of benzene rings is 1. The predicted octanol–water partition coefficient (Wildman–Crippen LogP) is 2.11. The van der Waals surface area contributed by atoms with Gasteiger partial charge in [-0.15, -0.1) is 0 Å². The molecule has 0 aliphatic rings. The van der Waals surface area contributed by atoms with Gasteiger partial charge in [0.2, 0.25) is 15.9 Å². The fourth-order valence-corrected chi connectivity index (χ4v) is 4.59. The number of hydrogen-bond donors (Lipinski definition) is 2. The van der Waals surface area contributed by atoms with E-state index in [9.17, 15) is 27.6 Å². The molecule has 0 saturated heterocycles. The molecule has 2 N–H and O–H groups in total. The first-order valence-electron chi connectivity index (χ1n) is 11.4. The standard InChI is InChI=1S/C25H31N3O6S/c1-18(2)7-8-20(14-22(30)13-19-9-11-26-12-10-19)25(32)27-15-23(31)16-28-35(33,34)24-6-4-3-5-21(24)17-29/h3-6,9-12,17-18,20,28H,7-8,13-16H2,1-2H3,(H,27,32)/t20-/m1/s1. The van der Waals surface area contributed by atoms with Gasteiger partial charge in [-0.3, -0.25) is 24.2 Å². The lowest BCUT2D eigenvalue weighted by Gasteiger charge is -2.17. The van der Waals surface area contributed by atoms with Gasteiger partial charge in [0, 0.05) is 36.7 Å². The van der Waals surface area contributed by atoms with Gasteiger partial charge in [0.1, 0.15) is 5.78 Å². The predicted molar refractivity (Wildman–Crippen MR) is 130 cm³/mol. The zero-order chi connectivity index (χ0) is 25.8. The summed E-state index contributed by atoms with van der Waals surface area (Å²) in [5, 5.41) is 2.53. The van der Waals surface area contributed by atoms with Crippen LogP contribution in [0, 0.1) is 11.8 Å². The lowest BCUT2D eigenvalue weighted by Crippen LogP contribution is -2.40. The Hall–Kier alpha value is -3.24. The summed E-state index contributed by atoms with van der Waals surface area (Å²) >= 11 is 0. The molecule has 35 heavy (non-hydrogen) atoms. The van der Waals surface area contributed by atoms with Crippen molar-refractivity contribution in [1.29, 1.82) is 0 Å². The van der Waals surface area contributed by atoms with E-state index in [4.69, 9.17) is 0 Å². The molecular weight excluding hydrogens is 470 g/mol. The van der Waals surface area contributed by atoms with E-state index in [1.54, 1.807) is 24.5 Å². The van der Waals surface area contributed by atoms with Crippen LogP contribution in [-0.2, 0) is 30.8 Å². The summed E-state index contributed by atoms with van der Waals surface area (Å²) in [6, 6.07) is 9.11. The maximum Gasteiger partial charge on any atom is 0.241 e. The molecule has 0 fully saturated rings. The van der Waals surface area contributed by atoms with Crippen LogP contribution in [0.5, 0.6) is 0 Å². The third kappa shape index (κ3) is 9.50. The number of Topliss-reactive ketones (excluding diaryl/α,β-unsaturated/α-hetero) is 2.